The summed E-state index contributed by atoms with van der Waals surface area (Å²) in [5.74, 6) is 0.704. The van der Waals surface area contributed by atoms with Gasteiger partial charge in [-0.05, 0) is 5.56 Å². The smallest absolute Gasteiger partial charge is 0.291 e. The van der Waals surface area contributed by atoms with E-state index in [1.54, 1.807) is 7.05 Å². The fraction of sp³-hybridized carbons (Fsp3) is 0.200. The Balaban J connectivity index is 2.07. The Morgan fingerprint density at radius 1 is 1.10 bits per heavy atom. The van der Waals surface area contributed by atoms with Crippen molar-refractivity contribution in [2.24, 2.45) is 14.1 Å². The third kappa shape index (κ3) is 3.30. The maximum atomic E-state index is 11.8. The summed E-state index contributed by atoms with van der Waals surface area (Å²) in [4.78, 5) is 23.3. The van der Waals surface area contributed by atoms with Gasteiger partial charge in [0.25, 0.3) is 5.56 Å². The van der Waals surface area contributed by atoms with E-state index in [0.29, 0.717) is 10.8 Å². The first kappa shape index (κ1) is 14.4. The Hall–Kier alpha value is -2.01. The molecule has 0 amide bonds. The molecule has 0 bridgehead atoms. The molecule has 0 unspecified atom stereocenters. The maximum absolute atomic E-state index is 11.8. The summed E-state index contributed by atoms with van der Waals surface area (Å²) in [6.45, 7) is 0. The second-order valence-corrected chi connectivity index (χ2v) is 5.39. The SMILES string of the molecule is Cn1c(SCC=Cc2ccccc2)cc(=O)n(C)c1=O. The van der Waals surface area contributed by atoms with Gasteiger partial charge in [0.15, 0.2) is 0 Å². The van der Waals surface area contributed by atoms with Crippen LogP contribution >= 0.6 is 11.8 Å². The Kier molecular flexibility index (Phi) is 4.63. The number of hydrogen-bond donors (Lipinski definition) is 0. The van der Waals surface area contributed by atoms with Crippen molar-refractivity contribution >= 4 is 17.8 Å². The summed E-state index contributed by atoms with van der Waals surface area (Å²) in [6.07, 6.45) is 4.04. The van der Waals surface area contributed by atoms with Gasteiger partial charge in [0.1, 0.15) is 0 Å². The van der Waals surface area contributed by atoms with Crippen LogP contribution in [0.25, 0.3) is 6.08 Å². The fourth-order valence-corrected chi connectivity index (χ4v) is 2.55. The molecule has 20 heavy (non-hydrogen) atoms. The fourth-order valence-electron chi connectivity index (χ4n) is 1.73. The Labute approximate surface area is 121 Å². The molecule has 1 heterocycles. The van der Waals surface area contributed by atoms with Gasteiger partial charge in [0, 0.05) is 25.9 Å². The zero-order chi connectivity index (χ0) is 14.5. The highest BCUT2D eigenvalue weighted by molar-refractivity contribution is 7.99. The molecule has 0 saturated heterocycles. The first-order chi connectivity index (χ1) is 9.59. The molecule has 0 atom stereocenters. The van der Waals surface area contributed by atoms with Gasteiger partial charge in [-0.2, -0.15) is 0 Å². The number of rotatable bonds is 4. The third-order valence-corrected chi connectivity index (χ3v) is 3.97. The summed E-state index contributed by atoms with van der Waals surface area (Å²) >= 11 is 1.47. The van der Waals surface area contributed by atoms with Crippen LogP contribution in [0.2, 0.25) is 0 Å². The van der Waals surface area contributed by atoms with Crippen molar-refractivity contribution in [3.8, 4) is 0 Å². The number of benzene rings is 1. The van der Waals surface area contributed by atoms with Crippen LogP contribution < -0.4 is 11.2 Å². The largest absolute Gasteiger partial charge is 0.331 e. The molecule has 1 aromatic carbocycles. The van der Waals surface area contributed by atoms with Crippen molar-refractivity contribution < 1.29 is 0 Å². The lowest BCUT2D eigenvalue weighted by atomic mass is 10.2. The monoisotopic (exact) mass is 288 g/mol. The van der Waals surface area contributed by atoms with Crippen molar-refractivity contribution in [1.82, 2.24) is 9.13 Å². The molecule has 2 aromatic rings. The van der Waals surface area contributed by atoms with Gasteiger partial charge in [-0.1, -0.05) is 42.5 Å². The average molecular weight is 288 g/mol. The van der Waals surface area contributed by atoms with Crippen LogP contribution in [0.5, 0.6) is 0 Å². The van der Waals surface area contributed by atoms with Gasteiger partial charge < -0.3 is 0 Å². The molecule has 0 radical (unpaired) electrons. The quantitative estimate of drug-likeness (QED) is 0.637. The molecule has 104 valence electrons. The van der Waals surface area contributed by atoms with Gasteiger partial charge >= 0.3 is 5.69 Å². The van der Waals surface area contributed by atoms with Crippen LogP contribution in [-0.2, 0) is 14.1 Å². The predicted octanol–water partition coefficient (Wildman–Crippen LogP) is 1.89. The molecule has 0 aliphatic rings. The van der Waals surface area contributed by atoms with Gasteiger partial charge in [-0.25, -0.2) is 4.79 Å². The minimum absolute atomic E-state index is 0.275. The Morgan fingerprint density at radius 3 is 2.50 bits per heavy atom. The highest BCUT2D eigenvalue weighted by atomic mass is 32.2. The van der Waals surface area contributed by atoms with Crippen molar-refractivity contribution in [1.29, 1.82) is 0 Å². The molecular weight excluding hydrogens is 272 g/mol. The lowest BCUT2D eigenvalue weighted by Crippen LogP contribution is -2.36. The molecule has 0 saturated carbocycles. The van der Waals surface area contributed by atoms with Crippen LogP contribution in [0.1, 0.15) is 5.56 Å². The van der Waals surface area contributed by atoms with Crippen LogP contribution in [0, 0.1) is 0 Å². The zero-order valence-corrected chi connectivity index (χ0v) is 12.3. The van der Waals surface area contributed by atoms with Crippen molar-refractivity contribution in [3.63, 3.8) is 0 Å². The minimum Gasteiger partial charge on any atom is -0.291 e. The van der Waals surface area contributed by atoms with E-state index in [0.717, 1.165) is 10.1 Å². The number of aromatic nitrogens is 2. The summed E-state index contributed by atoms with van der Waals surface area (Å²) in [5, 5.41) is 0.677. The Bertz CT molecular complexity index is 730. The van der Waals surface area contributed by atoms with Crippen molar-refractivity contribution in [2.75, 3.05) is 5.75 Å². The van der Waals surface area contributed by atoms with Crippen LogP contribution in [0.15, 0.2) is 57.1 Å². The first-order valence-electron chi connectivity index (χ1n) is 6.21. The molecular formula is C15H16N2O2S. The highest BCUT2D eigenvalue weighted by Gasteiger charge is 2.05. The molecule has 0 fully saturated rings. The number of nitrogens with zero attached hydrogens (tertiary/aromatic N) is 2. The molecule has 5 heteroatoms. The van der Waals surface area contributed by atoms with Gasteiger partial charge in [0.05, 0.1) is 5.03 Å². The van der Waals surface area contributed by atoms with E-state index in [1.165, 1.54) is 29.4 Å². The molecule has 2 rings (SSSR count). The predicted molar refractivity (Wildman–Crippen MR) is 83.1 cm³/mol. The van der Waals surface area contributed by atoms with E-state index in [1.807, 2.05) is 42.5 Å². The summed E-state index contributed by atoms with van der Waals surface area (Å²) in [5.41, 5.74) is 0.556. The third-order valence-electron chi connectivity index (χ3n) is 2.92. The van der Waals surface area contributed by atoms with E-state index < -0.39 is 0 Å². The van der Waals surface area contributed by atoms with E-state index in [2.05, 4.69) is 0 Å². The van der Waals surface area contributed by atoms with Crippen LogP contribution in [0.4, 0.5) is 0 Å². The van der Waals surface area contributed by atoms with E-state index in [4.69, 9.17) is 0 Å². The number of thioether (sulfide) groups is 1. The van der Waals surface area contributed by atoms with Crippen LogP contribution in [0.3, 0.4) is 0 Å². The zero-order valence-electron chi connectivity index (χ0n) is 11.4. The van der Waals surface area contributed by atoms with Gasteiger partial charge in [-0.3, -0.25) is 13.9 Å². The first-order valence-corrected chi connectivity index (χ1v) is 7.19. The van der Waals surface area contributed by atoms with E-state index in [9.17, 15) is 9.59 Å². The van der Waals surface area contributed by atoms with E-state index in [-0.39, 0.29) is 11.2 Å². The number of hydrogen-bond acceptors (Lipinski definition) is 3. The Morgan fingerprint density at radius 2 is 1.80 bits per heavy atom. The second kappa shape index (κ2) is 6.43. The molecule has 0 spiro atoms. The standard InChI is InChI=1S/C15H16N2O2S/c1-16-13(18)11-14(17(2)15(16)19)20-10-6-9-12-7-4-3-5-8-12/h3-9,11H,10H2,1-2H3. The van der Waals surface area contributed by atoms with Crippen molar-refractivity contribution in [3.05, 3.63) is 68.9 Å². The van der Waals surface area contributed by atoms with E-state index >= 15 is 0 Å². The summed E-state index contributed by atoms with van der Waals surface area (Å²) in [6, 6.07) is 11.5. The summed E-state index contributed by atoms with van der Waals surface area (Å²) < 4.78 is 2.59. The molecule has 4 nitrogen and oxygen atoms in total. The second-order valence-electron chi connectivity index (χ2n) is 4.35. The van der Waals surface area contributed by atoms with Crippen LogP contribution in [-0.4, -0.2) is 14.9 Å². The molecule has 0 N–H and O–H groups in total. The normalized spacial score (nSPS) is 11.1. The topological polar surface area (TPSA) is 44.0 Å². The van der Waals surface area contributed by atoms with Gasteiger partial charge in [-0.15, -0.1) is 11.8 Å². The summed E-state index contributed by atoms with van der Waals surface area (Å²) in [7, 11) is 3.15. The molecule has 1 aromatic heterocycles. The highest BCUT2D eigenvalue weighted by Crippen LogP contribution is 2.14. The maximum Gasteiger partial charge on any atom is 0.331 e. The lowest BCUT2D eigenvalue weighted by Gasteiger charge is -2.07. The van der Waals surface area contributed by atoms with Crippen molar-refractivity contribution in [2.45, 2.75) is 5.03 Å². The van der Waals surface area contributed by atoms with Gasteiger partial charge in [0.2, 0.25) is 0 Å². The average Bonchev–Trinajstić information content (AvgIpc) is 2.47. The lowest BCUT2D eigenvalue weighted by molar-refractivity contribution is 0.636. The minimum atomic E-state index is -0.299. The molecule has 0 aliphatic carbocycles. The molecule has 0 aliphatic heterocycles.